The van der Waals surface area contributed by atoms with Crippen LogP contribution in [-0.2, 0) is 9.59 Å². The number of nitrogens with one attached hydrogen (secondary N) is 1. The molecule has 5 nitrogen and oxygen atoms in total. The number of ketones is 2. The number of allylic oxidation sites excluding steroid dienone is 5. The lowest BCUT2D eigenvalue weighted by Crippen LogP contribution is -2.16. The molecule has 0 aromatic carbocycles. The highest BCUT2D eigenvalue weighted by Crippen LogP contribution is 2.31. The lowest BCUT2D eigenvalue weighted by molar-refractivity contribution is -0.115. The summed E-state index contributed by atoms with van der Waals surface area (Å²) in [7, 11) is 0. The summed E-state index contributed by atoms with van der Waals surface area (Å²) in [4.78, 5) is 31.3. The highest BCUT2D eigenvalue weighted by atomic mass is 35.5. The molecule has 0 aliphatic heterocycles. The molecule has 1 heterocycles. The molecule has 0 spiro atoms. The third kappa shape index (κ3) is 2.90. The highest BCUT2D eigenvalue weighted by Gasteiger charge is 2.30. The molecular formula is C12H6Cl3N3O2. The van der Waals surface area contributed by atoms with Gasteiger partial charge in [-0.25, -0.2) is 9.97 Å². The Bertz CT molecular complexity index is 666. The second-order valence-corrected chi connectivity index (χ2v) is 4.70. The largest absolute Gasteiger partial charge is 0.331 e. The molecule has 0 unspecified atom stereocenters. The van der Waals surface area contributed by atoms with Gasteiger partial charge in [0.25, 0.3) is 0 Å². The van der Waals surface area contributed by atoms with Crippen molar-refractivity contribution in [2.45, 2.75) is 0 Å². The summed E-state index contributed by atoms with van der Waals surface area (Å²) in [6, 6.07) is 1.66. The minimum Gasteiger partial charge on any atom is -0.331 e. The van der Waals surface area contributed by atoms with E-state index in [1.54, 1.807) is 18.5 Å². The van der Waals surface area contributed by atoms with Crippen LogP contribution in [0.2, 0.25) is 0 Å². The van der Waals surface area contributed by atoms with Gasteiger partial charge in [0.2, 0.25) is 17.5 Å². The molecule has 0 saturated carbocycles. The number of carbonyl (C=O) groups is 2. The SMILES string of the molecule is O=C1C(Cl)=C(Cl)C(=O)C(C=CNc2ncccn2)=C1Cl. The van der Waals surface area contributed by atoms with Crippen molar-refractivity contribution in [1.29, 1.82) is 0 Å². The van der Waals surface area contributed by atoms with Gasteiger partial charge in [0, 0.05) is 24.2 Å². The number of hydrogen-bond acceptors (Lipinski definition) is 5. The number of hydrogen-bond donors (Lipinski definition) is 1. The van der Waals surface area contributed by atoms with Gasteiger partial charge in [0.05, 0.1) is 0 Å². The van der Waals surface area contributed by atoms with Gasteiger partial charge in [0.15, 0.2) is 0 Å². The van der Waals surface area contributed by atoms with E-state index >= 15 is 0 Å². The van der Waals surface area contributed by atoms with Crippen LogP contribution in [0.5, 0.6) is 0 Å². The topological polar surface area (TPSA) is 72.0 Å². The Labute approximate surface area is 128 Å². The van der Waals surface area contributed by atoms with Crippen molar-refractivity contribution in [3.63, 3.8) is 0 Å². The van der Waals surface area contributed by atoms with E-state index in [9.17, 15) is 9.59 Å². The molecule has 0 saturated heterocycles. The van der Waals surface area contributed by atoms with E-state index in [1.807, 2.05) is 0 Å². The maximum Gasteiger partial charge on any atom is 0.226 e. The first-order valence-corrected chi connectivity index (χ1v) is 6.40. The van der Waals surface area contributed by atoms with Crippen LogP contribution in [-0.4, -0.2) is 21.5 Å². The fourth-order valence-corrected chi connectivity index (χ4v) is 2.02. The van der Waals surface area contributed by atoms with Crippen molar-refractivity contribution in [2.24, 2.45) is 0 Å². The first kappa shape index (κ1) is 14.7. The number of Topliss-reactive ketones (excluding diaryl/α,β-unsaturated/α-hetero) is 2. The van der Waals surface area contributed by atoms with E-state index in [0.29, 0.717) is 5.95 Å². The molecule has 1 N–H and O–H groups in total. The molecule has 0 radical (unpaired) electrons. The molecule has 102 valence electrons. The Morgan fingerprint density at radius 2 is 1.55 bits per heavy atom. The molecule has 1 aromatic rings. The van der Waals surface area contributed by atoms with Crippen molar-refractivity contribution in [3.8, 4) is 0 Å². The fourth-order valence-electron chi connectivity index (χ4n) is 1.36. The van der Waals surface area contributed by atoms with E-state index in [1.165, 1.54) is 12.3 Å². The minimum atomic E-state index is -0.687. The van der Waals surface area contributed by atoms with Crippen molar-refractivity contribution < 1.29 is 9.59 Å². The zero-order chi connectivity index (χ0) is 14.7. The molecular weight excluding hydrogens is 325 g/mol. The first-order valence-electron chi connectivity index (χ1n) is 5.27. The molecule has 8 heteroatoms. The summed E-state index contributed by atoms with van der Waals surface area (Å²) >= 11 is 17.1. The molecule has 1 aromatic heterocycles. The van der Waals surface area contributed by atoms with Crippen molar-refractivity contribution in [2.75, 3.05) is 5.32 Å². The van der Waals surface area contributed by atoms with E-state index in [2.05, 4.69) is 15.3 Å². The van der Waals surface area contributed by atoms with Gasteiger partial charge < -0.3 is 5.32 Å². The number of halogens is 3. The van der Waals surface area contributed by atoms with E-state index in [0.717, 1.165) is 0 Å². The smallest absolute Gasteiger partial charge is 0.226 e. The standard InChI is InChI=1S/C12H6Cl3N3O2/c13-7-6(10(19)8(14)9(15)11(7)20)2-5-18-12-16-3-1-4-17-12/h1-5H,(H,16,17,18). The molecule has 20 heavy (non-hydrogen) atoms. The molecule has 1 aliphatic rings. The van der Waals surface area contributed by atoms with Gasteiger partial charge in [-0.15, -0.1) is 0 Å². The summed E-state index contributed by atoms with van der Waals surface area (Å²) in [6.45, 7) is 0. The average molecular weight is 331 g/mol. The van der Waals surface area contributed by atoms with Crippen LogP contribution < -0.4 is 5.32 Å². The van der Waals surface area contributed by atoms with Crippen LogP contribution in [0, 0.1) is 0 Å². The van der Waals surface area contributed by atoms with Gasteiger partial charge in [-0.1, -0.05) is 34.8 Å². The van der Waals surface area contributed by atoms with E-state index in [4.69, 9.17) is 34.8 Å². The molecule has 0 amide bonds. The summed E-state index contributed by atoms with van der Waals surface area (Å²) in [6.07, 6.45) is 5.78. The molecule has 2 rings (SSSR count). The van der Waals surface area contributed by atoms with Gasteiger partial charge >= 0.3 is 0 Å². The van der Waals surface area contributed by atoms with Gasteiger partial charge in [-0.05, 0) is 12.1 Å². The lowest BCUT2D eigenvalue weighted by Gasteiger charge is -2.11. The maximum absolute atomic E-state index is 11.9. The summed E-state index contributed by atoms with van der Waals surface area (Å²) in [5, 5.41) is 1.71. The first-order chi connectivity index (χ1) is 9.52. The van der Waals surface area contributed by atoms with E-state index in [-0.39, 0.29) is 20.7 Å². The summed E-state index contributed by atoms with van der Waals surface area (Å²) in [5.41, 5.74) is -0.0468. The summed E-state index contributed by atoms with van der Waals surface area (Å²) in [5.74, 6) is -0.975. The van der Waals surface area contributed by atoms with Crippen LogP contribution in [0.15, 0.2) is 51.4 Å². The summed E-state index contributed by atoms with van der Waals surface area (Å²) < 4.78 is 0. The quantitative estimate of drug-likeness (QED) is 0.863. The molecule has 0 fully saturated rings. The maximum atomic E-state index is 11.9. The molecule has 0 atom stereocenters. The Morgan fingerprint density at radius 3 is 2.20 bits per heavy atom. The number of nitrogens with zero attached hydrogens (tertiary/aromatic N) is 2. The second-order valence-electron chi connectivity index (χ2n) is 3.56. The van der Waals surface area contributed by atoms with Crippen molar-refractivity contribution >= 4 is 52.3 Å². The minimum absolute atomic E-state index is 0.0468. The number of anilines is 1. The normalized spacial score (nSPS) is 16.4. The second kappa shape index (κ2) is 6.17. The number of aromatic nitrogens is 2. The Kier molecular flexibility index (Phi) is 4.54. The predicted octanol–water partition coefficient (Wildman–Crippen LogP) is 2.74. The Hall–Kier alpha value is -1.69. The third-order valence-corrected chi connectivity index (χ3v) is 3.49. The Morgan fingerprint density at radius 1 is 0.950 bits per heavy atom. The number of rotatable bonds is 3. The highest BCUT2D eigenvalue weighted by molar-refractivity contribution is 6.64. The van der Waals surface area contributed by atoms with Gasteiger partial charge in [-0.3, -0.25) is 9.59 Å². The van der Waals surface area contributed by atoms with Crippen LogP contribution in [0.1, 0.15) is 0 Å². The fraction of sp³-hybridized carbons (Fsp3) is 0. The zero-order valence-corrected chi connectivity index (χ0v) is 12.0. The van der Waals surface area contributed by atoms with Crippen LogP contribution in [0.3, 0.4) is 0 Å². The lowest BCUT2D eigenvalue weighted by atomic mass is 10.0. The monoisotopic (exact) mass is 329 g/mol. The Balaban J connectivity index is 2.21. The van der Waals surface area contributed by atoms with Crippen molar-refractivity contribution in [1.82, 2.24) is 9.97 Å². The molecule has 0 bridgehead atoms. The third-order valence-electron chi connectivity index (χ3n) is 2.30. The van der Waals surface area contributed by atoms with Crippen LogP contribution in [0.25, 0.3) is 0 Å². The van der Waals surface area contributed by atoms with Gasteiger partial charge in [-0.2, -0.15) is 0 Å². The molecule has 1 aliphatic carbocycles. The van der Waals surface area contributed by atoms with E-state index < -0.39 is 11.6 Å². The average Bonchev–Trinajstić information content (AvgIpc) is 2.48. The van der Waals surface area contributed by atoms with Crippen LogP contribution in [0.4, 0.5) is 5.95 Å². The zero-order valence-electron chi connectivity index (χ0n) is 9.73. The van der Waals surface area contributed by atoms with Crippen LogP contribution >= 0.6 is 34.8 Å². The predicted molar refractivity (Wildman–Crippen MR) is 76.4 cm³/mol. The van der Waals surface area contributed by atoms with Gasteiger partial charge in [0.1, 0.15) is 15.1 Å². The number of carbonyl (C=O) groups excluding carboxylic acids is 2. The van der Waals surface area contributed by atoms with Crippen molar-refractivity contribution in [3.05, 3.63) is 51.4 Å².